The molecule has 4 rings (SSSR count). The van der Waals surface area contributed by atoms with Crippen molar-refractivity contribution >= 4 is 34.3 Å². The van der Waals surface area contributed by atoms with E-state index in [9.17, 15) is 14.4 Å². The molecule has 1 N–H and O–H groups in total. The maximum Gasteiger partial charge on any atom is 0.229 e. The Morgan fingerprint density at radius 2 is 1.87 bits per heavy atom. The number of carbonyl (C=O) groups is 3. The molecule has 0 radical (unpaired) electrons. The normalized spacial score (nSPS) is 14.3. The van der Waals surface area contributed by atoms with E-state index in [0.717, 1.165) is 33.5 Å². The summed E-state index contributed by atoms with van der Waals surface area (Å²) in [6.07, 6.45) is 2.08. The highest BCUT2D eigenvalue weighted by molar-refractivity contribution is 6.01. The molecule has 1 saturated heterocycles. The molecule has 156 valence electrons. The van der Waals surface area contributed by atoms with E-state index in [0.29, 0.717) is 45.2 Å². The smallest absolute Gasteiger partial charge is 0.229 e. The van der Waals surface area contributed by atoms with Gasteiger partial charge >= 0.3 is 0 Å². The zero-order valence-corrected chi connectivity index (χ0v) is 17.3. The number of aryl methyl sites for hydroxylation is 2. The van der Waals surface area contributed by atoms with Crippen molar-refractivity contribution in [3.8, 4) is 0 Å². The van der Waals surface area contributed by atoms with Crippen molar-refractivity contribution in [1.82, 2.24) is 24.8 Å². The summed E-state index contributed by atoms with van der Waals surface area (Å²) in [7, 11) is 0. The quantitative estimate of drug-likeness (QED) is 0.478. The van der Waals surface area contributed by atoms with Gasteiger partial charge in [0, 0.05) is 49.1 Å². The van der Waals surface area contributed by atoms with Gasteiger partial charge in [-0.25, -0.2) is 9.50 Å². The number of nitrogens with one attached hydrogen (secondary N) is 1. The highest BCUT2D eigenvalue weighted by Crippen LogP contribution is 2.22. The van der Waals surface area contributed by atoms with Gasteiger partial charge in [0.1, 0.15) is 0 Å². The van der Waals surface area contributed by atoms with Gasteiger partial charge in [-0.15, -0.1) is 0 Å². The molecule has 1 aliphatic heterocycles. The van der Waals surface area contributed by atoms with Crippen LogP contribution in [-0.4, -0.2) is 50.3 Å². The van der Waals surface area contributed by atoms with E-state index < -0.39 is 0 Å². The first kappa shape index (κ1) is 20.0. The predicted molar refractivity (Wildman–Crippen MR) is 112 cm³/mol. The second-order valence-corrected chi connectivity index (χ2v) is 7.66. The number of carbonyl (C=O) groups excluding carboxylic acids is 3. The number of hydrogen-bond donors (Lipinski definition) is 1. The van der Waals surface area contributed by atoms with Crippen LogP contribution in [0.3, 0.4) is 0 Å². The lowest BCUT2D eigenvalue weighted by molar-refractivity contribution is -0.138. The topological polar surface area (TPSA) is 96.7 Å². The van der Waals surface area contributed by atoms with Crippen LogP contribution in [0.1, 0.15) is 42.6 Å². The number of nitrogens with zero attached hydrogens (tertiary/aromatic N) is 4. The molecule has 0 unspecified atom stereocenters. The van der Waals surface area contributed by atoms with Gasteiger partial charge in [-0.3, -0.25) is 19.3 Å². The highest BCUT2D eigenvalue weighted by Gasteiger charge is 2.27. The van der Waals surface area contributed by atoms with Crippen LogP contribution in [0.15, 0.2) is 24.3 Å². The maximum absolute atomic E-state index is 12.3. The Balaban J connectivity index is 1.35. The van der Waals surface area contributed by atoms with E-state index in [2.05, 4.69) is 10.4 Å². The molecular formula is C22H25N5O3. The number of fused-ring (bicyclic) bond motifs is 3. The molecule has 0 atom stereocenters. The minimum absolute atomic E-state index is 0.0569. The van der Waals surface area contributed by atoms with Crippen LogP contribution in [0.5, 0.6) is 0 Å². The number of aromatic nitrogens is 3. The molecule has 8 heteroatoms. The summed E-state index contributed by atoms with van der Waals surface area (Å²) in [5, 5.41) is 8.54. The molecular weight excluding hydrogens is 382 g/mol. The number of rotatable bonds is 7. The van der Waals surface area contributed by atoms with Crippen LogP contribution in [-0.2, 0) is 20.8 Å². The van der Waals surface area contributed by atoms with E-state index in [-0.39, 0.29) is 17.7 Å². The van der Waals surface area contributed by atoms with Gasteiger partial charge < -0.3 is 5.32 Å². The summed E-state index contributed by atoms with van der Waals surface area (Å²) >= 11 is 0. The van der Waals surface area contributed by atoms with Crippen molar-refractivity contribution in [1.29, 1.82) is 0 Å². The second kappa shape index (κ2) is 8.22. The molecule has 30 heavy (non-hydrogen) atoms. The number of imide groups is 1. The van der Waals surface area contributed by atoms with Gasteiger partial charge in [0.2, 0.25) is 17.7 Å². The van der Waals surface area contributed by atoms with E-state index in [1.807, 2.05) is 42.6 Å². The SMILES string of the molecule is Cc1nc2c3ccccc3nn2c(C)c1CCC(=O)NCCCN1C(=O)CCC1=O. The fraction of sp³-hybridized carbons (Fsp3) is 0.409. The van der Waals surface area contributed by atoms with Crippen molar-refractivity contribution < 1.29 is 14.4 Å². The van der Waals surface area contributed by atoms with Crippen molar-refractivity contribution in [3.63, 3.8) is 0 Å². The van der Waals surface area contributed by atoms with Gasteiger partial charge in [-0.1, -0.05) is 12.1 Å². The largest absolute Gasteiger partial charge is 0.356 e. The minimum atomic E-state index is -0.119. The summed E-state index contributed by atoms with van der Waals surface area (Å²) in [6, 6.07) is 7.91. The molecule has 2 aromatic heterocycles. The Labute approximate surface area is 174 Å². The Hall–Kier alpha value is -3.29. The molecule has 8 nitrogen and oxygen atoms in total. The zero-order chi connectivity index (χ0) is 21.3. The molecule has 1 fully saturated rings. The first-order valence-corrected chi connectivity index (χ1v) is 10.3. The number of benzene rings is 1. The average molecular weight is 407 g/mol. The van der Waals surface area contributed by atoms with Crippen LogP contribution >= 0.6 is 0 Å². The average Bonchev–Trinajstić information content (AvgIpc) is 3.25. The first-order chi connectivity index (χ1) is 14.5. The molecule has 0 spiro atoms. The lowest BCUT2D eigenvalue weighted by Gasteiger charge is -2.14. The summed E-state index contributed by atoms with van der Waals surface area (Å²) in [4.78, 5) is 41.5. The van der Waals surface area contributed by atoms with Gasteiger partial charge in [0.25, 0.3) is 0 Å². The number of hydrogen-bond acceptors (Lipinski definition) is 5. The third-order valence-corrected chi connectivity index (χ3v) is 5.66. The monoisotopic (exact) mass is 407 g/mol. The van der Waals surface area contributed by atoms with Crippen molar-refractivity contribution in [2.75, 3.05) is 13.1 Å². The van der Waals surface area contributed by atoms with Crippen LogP contribution < -0.4 is 5.32 Å². The van der Waals surface area contributed by atoms with E-state index in [1.165, 1.54) is 4.90 Å². The molecule has 3 heterocycles. The Morgan fingerprint density at radius 1 is 1.13 bits per heavy atom. The fourth-order valence-electron chi connectivity index (χ4n) is 4.00. The Kier molecular flexibility index (Phi) is 5.48. The maximum atomic E-state index is 12.3. The number of likely N-dealkylation sites (tertiary alicyclic amines) is 1. The summed E-state index contributed by atoms with van der Waals surface area (Å²) in [5.74, 6) is -0.295. The standard InChI is InChI=1S/C22H25N5O3/c1-14-16(15(2)27-22(24-14)17-6-3-4-7-18(17)25-27)8-9-19(28)23-12-5-13-26-20(29)10-11-21(26)30/h3-4,6-7H,5,8-13H2,1-2H3,(H,23,28). The molecule has 3 aromatic rings. The van der Waals surface area contributed by atoms with Crippen LogP contribution in [0.25, 0.3) is 16.6 Å². The molecule has 0 saturated carbocycles. The summed E-state index contributed by atoms with van der Waals surface area (Å²) in [5.41, 5.74) is 4.66. The van der Waals surface area contributed by atoms with E-state index in [4.69, 9.17) is 4.98 Å². The minimum Gasteiger partial charge on any atom is -0.356 e. The van der Waals surface area contributed by atoms with Gasteiger partial charge in [-0.2, -0.15) is 5.10 Å². The summed E-state index contributed by atoms with van der Waals surface area (Å²) < 4.78 is 1.86. The molecule has 1 aromatic carbocycles. The third kappa shape index (κ3) is 3.77. The molecule has 1 aliphatic rings. The lowest BCUT2D eigenvalue weighted by atomic mass is 10.1. The van der Waals surface area contributed by atoms with Gasteiger partial charge in [-0.05, 0) is 44.4 Å². The van der Waals surface area contributed by atoms with Crippen LogP contribution in [0.4, 0.5) is 0 Å². The molecule has 3 amide bonds. The van der Waals surface area contributed by atoms with Gasteiger partial charge in [0.05, 0.1) is 5.52 Å². The molecule has 0 bridgehead atoms. The third-order valence-electron chi connectivity index (χ3n) is 5.66. The van der Waals surface area contributed by atoms with Crippen LogP contribution in [0.2, 0.25) is 0 Å². The Bertz CT molecular complexity index is 1130. The van der Waals surface area contributed by atoms with Crippen LogP contribution in [0, 0.1) is 13.8 Å². The zero-order valence-electron chi connectivity index (χ0n) is 17.3. The van der Waals surface area contributed by atoms with Crippen molar-refractivity contribution in [3.05, 3.63) is 41.2 Å². The number of amides is 3. The van der Waals surface area contributed by atoms with Gasteiger partial charge in [0.15, 0.2) is 5.65 Å². The molecule has 0 aliphatic carbocycles. The first-order valence-electron chi connectivity index (χ1n) is 10.3. The van der Waals surface area contributed by atoms with E-state index in [1.54, 1.807) is 0 Å². The highest BCUT2D eigenvalue weighted by atomic mass is 16.2. The van der Waals surface area contributed by atoms with E-state index >= 15 is 0 Å². The Morgan fingerprint density at radius 3 is 2.63 bits per heavy atom. The summed E-state index contributed by atoms with van der Waals surface area (Å²) in [6.45, 7) is 4.77. The predicted octanol–water partition coefficient (Wildman–Crippen LogP) is 2.09. The lowest BCUT2D eigenvalue weighted by Crippen LogP contribution is -2.33. The van der Waals surface area contributed by atoms with Crippen molar-refractivity contribution in [2.45, 2.75) is 46.0 Å². The van der Waals surface area contributed by atoms with Crippen molar-refractivity contribution in [2.24, 2.45) is 0 Å². The second-order valence-electron chi connectivity index (χ2n) is 7.66. The fourth-order valence-corrected chi connectivity index (χ4v) is 4.00.